The summed E-state index contributed by atoms with van der Waals surface area (Å²) in [5.74, 6) is 1.19. The number of nitrogens with zero attached hydrogens (tertiary/aromatic N) is 2. The van der Waals surface area contributed by atoms with Crippen molar-refractivity contribution in [2.24, 2.45) is 0 Å². The smallest absolute Gasteiger partial charge is 0.311 e. The number of rotatable bonds is 4. The van der Waals surface area contributed by atoms with Crippen LogP contribution in [-0.2, 0) is 0 Å². The number of para-hydroxylation sites is 1. The summed E-state index contributed by atoms with van der Waals surface area (Å²) >= 11 is 1.93. The molecule has 0 radical (unpaired) electrons. The molecule has 1 N–H and O–H groups in total. The van der Waals surface area contributed by atoms with Crippen LogP contribution in [0.15, 0.2) is 30.5 Å². The number of benzene rings is 1. The van der Waals surface area contributed by atoms with E-state index in [2.05, 4.69) is 10.3 Å². The molecule has 0 saturated carbocycles. The van der Waals surface area contributed by atoms with Gasteiger partial charge in [0.1, 0.15) is 11.9 Å². The molecule has 0 aliphatic carbocycles. The monoisotopic (exact) mass is 289 g/mol. The molecule has 1 atom stereocenters. The molecule has 0 amide bonds. The van der Waals surface area contributed by atoms with Crippen LogP contribution in [0.25, 0.3) is 10.9 Å². The van der Waals surface area contributed by atoms with Gasteiger partial charge in [0.05, 0.1) is 10.4 Å². The molecule has 1 aliphatic rings. The lowest BCUT2D eigenvalue weighted by molar-refractivity contribution is -0.384. The molecule has 0 bridgehead atoms. The zero-order valence-corrected chi connectivity index (χ0v) is 11.7. The number of nitro groups is 1. The fourth-order valence-electron chi connectivity index (χ4n) is 2.48. The summed E-state index contributed by atoms with van der Waals surface area (Å²) in [6.07, 6.45) is 3.75. The molecular formula is C14H15N3O2S. The van der Waals surface area contributed by atoms with E-state index in [9.17, 15) is 10.1 Å². The van der Waals surface area contributed by atoms with Crippen molar-refractivity contribution in [3.8, 4) is 0 Å². The maximum absolute atomic E-state index is 11.2. The number of fused-ring (bicyclic) bond motifs is 1. The van der Waals surface area contributed by atoms with Crippen molar-refractivity contribution in [1.29, 1.82) is 0 Å². The summed E-state index contributed by atoms with van der Waals surface area (Å²) in [6.45, 7) is 0.763. The first-order valence-electron chi connectivity index (χ1n) is 6.63. The second kappa shape index (κ2) is 5.66. The first-order chi connectivity index (χ1) is 9.75. The number of hydrogen-bond acceptors (Lipinski definition) is 5. The molecule has 2 heterocycles. The molecule has 6 heteroatoms. The Morgan fingerprint density at radius 3 is 3.05 bits per heavy atom. The van der Waals surface area contributed by atoms with Crippen molar-refractivity contribution in [3.63, 3.8) is 0 Å². The van der Waals surface area contributed by atoms with Gasteiger partial charge in [0.2, 0.25) is 0 Å². The molecule has 3 rings (SSSR count). The topological polar surface area (TPSA) is 68.1 Å². The Balaban J connectivity index is 1.96. The van der Waals surface area contributed by atoms with Gasteiger partial charge in [-0.1, -0.05) is 18.2 Å². The van der Waals surface area contributed by atoms with Crippen LogP contribution in [0, 0.1) is 10.1 Å². The predicted molar refractivity (Wildman–Crippen MR) is 82.4 cm³/mol. The first-order valence-corrected chi connectivity index (χ1v) is 7.68. The molecule has 20 heavy (non-hydrogen) atoms. The molecule has 0 spiro atoms. The molecular weight excluding hydrogens is 274 g/mol. The minimum atomic E-state index is -0.371. The Morgan fingerprint density at radius 1 is 1.45 bits per heavy atom. The number of thioether (sulfide) groups is 1. The lowest BCUT2D eigenvalue weighted by atomic mass is 10.1. The largest absolute Gasteiger partial charge is 0.378 e. The zero-order chi connectivity index (χ0) is 13.9. The highest BCUT2D eigenvalue weighted by atomic mass is 32.2. The Kier molecular flexibility index (Phi) is 3.73. The SMILES string of the molecule is O=[N+]([O-])c1cnc2ccccc2c1NCC1CCCS1. The van der Waals surface area contributed by atoms with Crippen LogP contribution >= 0.6 is 11.8 Å². The maximum Gasteiger partial charge on any atom is 0.311 e. The van der Waals surface area contributed by atoms with E-state index in [0.717, 1.165) is 17.4 Å². The standard InChI is InChI=1S/C14H15N3O2S/c18-17(19)13-9-15-12-6-2-1-5-11(12)14(13)16-8-10-4-3-7-20-10/h1-2,5-6,9-10H,3-4,7-8H2,(H,15,16). The van der Waals surface area contributed by atoms with Crippen LogP contribution in [0.2, 0.25) is 0 Å². The van der Waals surface area contributed by atoms with E-state index in [1.807, 2.05) is 36.0 Å². The van der Waals surface area contributed by atoms with E-state index in [-0.39, 0.29) is 10.6 Å². The first kappa shape index (κ1) is 13.2. The van der Waals surface area contributed by atoms with Crippen LogP contribution in [0.5, 0.6) is 0 Å². The summed E-state index contributed by atoms with van der Waals surface area (Å²) in [5, 5.41) is 15.8. The van der Waals surface area contributed by atoms with Gasteiger partial charge in [0.15, 0.2) is 0 Å². The molecule has 1 fully saturated rings. The second-order valence-corrected chi connectivity index (χ2v) is 6.22. The molecule has 1 saturated heterocycles. The summed E-state index contributed by atoms with van der Waals surface area (Å²) in [4.78, 5) is 15.0. The van der Waals surface area contributed by atoms with Crippen molar-refractivity contribution in [2.75, 3.05) is 17.6 Å². The minimum Gasteiger partial charge on any atom is -0.378 e. The van der Waals surface area contributed by atoms with Crippen LogP contribution in [0.3, 0.4) is 0 Å². The molecule has 5 nitrogen and oxygen atoms in total. The lowest BCUT2D eigenvalue weighted by Crippen LogP contribution is -2.15. The minimum absolute atomic E-state index is 0.0479. The van der Waals surface area contributed by atoms with Crippen molar-refractivity contribution in [3.05, 3.63) is 40.6 Å². The number of aromatic nitrogens is 1. The lowest BCUT2D eigenvalue weighted by Gasteiger charge is -2.13. The number of hydrogen-bond donors (Lipinski definition) is 1. The third-order valence-electron chi connectivity index (χ3n) is 3.48. The normalized spacial score (nSPS) is 18.3. The molecule has 104 valence electrons. The van der Waals surface area contributed by atoms with Crippen LogP contribution < -0.4 is 5.32 Å². The van der Waals surface area contributed by atoms with Crippen LogP contribution in [0.1, 0.15) is 12.8 Å². The van der Waals surface area contributed by atoms with E-state index < -0.39 is 0 Å². The highest BCUT2D eigenvalue weighted by Gasteiger charge is 2.20. The van der Waals surface area contributed by atoms with Crippen molar-refractivity contribution in [1.82, 2.24) is 4.98 Å². The van der Waals surface area contributed by atoms with E-state index in [4.69, 9.17) is 0 Å². The Morgan fingerprint density at radius 2 is 2.30 bits per heavy atom. The number of anilines is 1. The van der Waals surface area contributed by atoms with Crippen molar-refractivity contribution in [2.45, 2.75) is 18.1 Å². The van der Waals surface area contributed by atoms with E-state index in [0.29, 0.717) is 10.9 Å². The average molecular weight is 289 g/mol. The van der Waals surface area contributed by atoms with E-state index in [1.165, 1.54) is 24.8 Å². The Bertz CT molecular complexity index is 641. The highest BCUT2D eigenvalue weighted by molar-refractivity contribution is 8.00. The molecule has 1 aromatic heterocycles. The third-order valence-corrected chi connectivity index (χ3v) is 4.88. The van der Waals surface area contributed by atoms with Gasteiger partial charge in [-0.15, -0.1) is 0 Å². The third kappa shape index (κ3) is 2.56. The number of pyridine rings is 1. The molecule has 1 aromatic carbocycles. The molecule has 1 unspecified atom stereocenters. The summed E-state index contributed by atoms with van der Waals surface area (Å²) in [7, 11) is 0. The second-order valence-electron chi connectivity index (χ2n) is 4.81. The van der Waals surface area contributed by atoms with Gasteiger partial charge in [-0.2, -0.15) is 11.8 Å². The highest BCUT2D eigenvalue weighted by Crippen LogP contribution is 2.33. The van der Waals surface area contributed by atoms with Gasteiger partial charge in [-0.25, -0.2) is 4.98 Å². The quantitative estimate of drug-likeness (QED) is 0.689. The average Bonchev–Trinajstić information content (AvgIpc) is 2.97. The van der Waals surface area contributed by atoms with Crippen molar-refractivity contribution < 1.29 is 4.92 Å². The van der Waals surface area contributed by atoms with E-state index in [1.54, 1.807) is 0 Å². The summed E-state index contributed by atoms with van der Waals surface area (Å²) < 4.78 is 0. The summed E-state index contributed by atoms with van der Waals surface area (Å²) in [5.41, 5.74) is 1.42. The maximum atomic E-state index is 11.2. The van der Waals surface area contributed by atoms with E-state index >= 15 is 0 Å². The van der Waals surface area contributed by atoms with Gasteiger partial charge >= 0.3 is 5.69 Å². The van der Waals surface area contributed by atoms with Gasteiger partial charge in [0, 0.05) is 17.2 Å². The van der Waals surface area contributed by atoms with Gasteiger partial charge in [-0.05, 0) is 24.7 Å². The van der Waals surface area contributed by atoms with Crippen molar-refractivity contribution >= 4 is 34.0 Å². The Hall–Kier alpha value is -1.82. The zero-order valence-electron chi connectivity index (χ0n) is 10.9. The summed E-state index contributed by atoms with van der Waals surface area (Å²) in [6, 6.07) is 7.51. The molecule has 2 aromatic rings. The fraction of sp³-hybridized carbons (Fsp3) is 0.357. The molecule has 1 aliphatic heterocycles. The Labute approximate surface area is 120 Å². The van der Waals surface area contributed by atoms with Gasteiger partial charge < -0.3 is 5.32 Å². The van der Waals surface area contributed by atoms with Gasteiger partial charge in [-0.3, -0.25) is 10.1 Å². The fourth-order valence-corrected chi connectivity index (χ4v) is 3.68. The van der Waals surface area contributed by atoms with Crippen LogP contribution in [-0.4, -0.2) is 27.5 Å². The van der Waals surface area contributed by atoms with Gasteiger partial charge in [0.25, 0.3) is 0 Å². The number of nitrogens with one attached hydrogen (secondary N) is 1. The van der Waals surface area contributed by atoms with Crippen LogP contribution in [0.4, 0.5) is 11.4 Å². The predicted octanol–water partition coefficient (Wildman–Crippen LogP) is 3.45.